The van der Waals surface area contributed by atoms with Gasteiger partial charge in [0.2, 0.25) is 5.91 Å². The van der Waals surface area contributed by atoms with E-state index in [-0.39, 0.29) is 31.4 Å². The molecule has 4 rings (SSSR count). The maximum Gasteiger partial charge on any atom is 0.407 e. The molecule has 2 aromatic heterocycles. The Balaban J connectivity index is 1.47. The van der Waals surface area contributed by atoms with Crippen LogP contribution in [0, 0.1) is 5.92 Å². The van der Waals surface area contributed by atoms with E-state index in [1.807, 2.05) is 79.9 Å². The van der Waals surface area contributed by atoms with Crippen LogP contribution in [0.1, 0.15) is 47.9 Å². The molecule has 0 unspecified atom stereocenters. The first-order chi connectivity index (χ1) is 23.6. The van der Waals surface area contributed by atoms with Crippen molar-refractivity contribution in [2.24, 2.45) is 5.92 Å². The molecule has 13 heteroatoms. The molecule has 0 aliphatic heterocycles. The summed E-state index contributed by atoms with van der Waals surface area (Å²) >= 11 is 1.44. The van der Waals surface area contributed by atoms with E-state index >= 15 is 0 Å². The zero-order chi connectivity index (χ0) is 35.2. The number of nitrogens with one attached hydrogen (secondary N) is 3. The van der Waals surface area contributed by atoms with Crippen molar-refractivity contribution in [1.29, 1.82) is 0 Å². The van der Waals surface area contributed by atoms with Crippen LogP contribution in [0.3, 0.4) is 0 Å². The van der Waals surface area contributed by atoms with Crippen LogP contribution in [-0.2, 0) is 35.5 Å². The third kappa shape index (κ3) is 11.9. The van der Waals surface area contributed by atoms with Crippen LogP contribution in [0.5, 0.6) is 0 Å². The second kappa shape index (κ2) is 18.5. The maximum absolute atomic E-state index is 13.8. The van der Waals surface area contributed by atoms with Crippen LogP contribution in [0.25, 0.3) is 6.08 Å². The predicted octanol–water partition coefficient (Wildman–Crippen LogP) is 4.96. The average molecular weight is 689 g/mol. The molecule has 0 spiro atoms. The molecule has 4 N–H and O–H groups in total. The molecular formula is C36H44N6O6S. The SMILES string of the molecule is C=Cc1nc(CN(C)C(=O)N[C@H](C(=O)N[C@@H](Cc2ccccc2)C[C@H](O)[C@H](Cc2ccccc2)NC(=O)OCc2ccno2)C(C)C)cs1. The molecule has 0 bridgehead atoms. The summed E-state index contributed by atoms with van der Waals surface area (Å²) in [5.41, 5.74) is 2.57. The Morgan fingerprint density at radius 2 is 1.67 bits per heavy atom. The first-order valence-corrected chi connectivity index (χ1v) is 17.0. The molecule has 0 aliphatic carbocycles. The smallest absolute Gasteiger partial charge is 0.407 e. The molecule has 4 atom stereocenters. The van der Waals surface area contributed by atoms with Gasteiger partial charge < -0.3 is 35.2 Å². The highest BCUT2D eigenvalue weighted by Gasteiger charge is 2.31. The van der Waals surface area contributed by atoms with Crippen LogP contribution < -0.4 is 16.0 Å². The Kier molecular flexibility index (Phi) is 13.9. The van der Waals surface area contributed by atoms with Gasteiger partial charge in [-0.2, -0.15) is 0 Å². The molecule has 4 aromatic rings. The van der Waals surface area contributed by atoms with Gasteiger partial charge in [0.25, 0.3) is 0 Å². The van der Waals surface area contributed by atoms with Gasteiger partial charge in [-0.1, -0.05) is 86.2 Å². The van der Waals surface area contributed by atoms with Crippen molar-refractivity contribution in [1.82, 2.24) is 31.0 Å². The van der Waals surface area contributed by atoms with Crippen molar-refractivity contribution >= 4 is 35.4 Å². The van der Waals surface area contributed by atoms with Crippen molar-refractivity contribution < 1.29 is 28.8 Å². The van der Waals surface area contributed by atoms with Gasteiger partial charge in [-0.3, -0.25) is 4.79 Å². The number of aliphatic hydroxyl groups excluding tert-OH is 1. The first kappa shape index (κ1) is 36.8. The Hall–Kier alpha value is -5.01. The van der Waals surface area contributed by atoms with E-state index in [1.54, 1.807) is 19.2 Å². The first-order valence-electron chi connectivity index (χ1n) is 16.1. The lowest BCUT2D eigenvalue weighted by atomic mass is 9.93. The number of thiazole rings is 1. The Morgan fingerprint density at radius 3 is 2.27 bits per heavy atom. The fraction of sp³-hybridized carbons (Fsp3) is 0.361. The third-order valence-electron chi connectivity index (χ3n) is 7.82. The van der Waals surface area contributed by atoms with Gasteiger partial charge in [-0.25, -0.2) is 14.6 Å². The molecule has 2 heterocycles. The average Bonchev–Trinajstić information content (AvgIpc) is 3.79. The molecule has 0 aliphatic rings. The van der Waals surface area contributed by atoms with Crippen molar-refractivity contribution in [3.63, 3.8) is 0 Å². The van der Waals surface area contributed by atoms with E-state index in [2.05, 4.69) is 32.7 Å². The Labute approximate surface area is 290 Å². The number of aliphatic hydroxyl groups is 1. The minimum atomic E-state index is -1.08. The molecule has 4 amide bonds. The predicted molar refractivity (Wildman–Crippen MR) is 187 cm³/mol. The third-order valence-corrected chi connectivity index (χ3v) is 8.71. The monoisotopic (exact) mass is 688 g/mol. The van der Waals surface area contributed by atoms with E-state index in [0.29, 0.717) is 18.6 Å². The molecule has 0 saturated carbocycles. The molecular weight excluding hydrogens is 644 g/mol. The van der Waals surface area contributed by atoms with E-state index in [9.17, 15) is 19.5 Å². The van der Waals surface area contributed by atoms with Gasteiger partial charge in [-0.05, 0) is 42.4 Å². The number of alkyl carbamates (subject to hydrolysis) is 1. The molecule has 12 nitrogen and oxygen atoms in total. The lowest BCUT2D eigenvalue weighted by Crippen LogP contribution is -2.55. The number of urea groups is 1. The van der Waals surface area contributed by atoms with Gasteiger partial charge in [0.15, 0.2) is 12.4 Å². The number of benzene rings is 2. The molecule has 49 heavy (non-hydrogen) atoms. The van der Waals surface area contributed by atoms with Gasteiger partial charge in [-0.15, -0.1) is 11.3 Å². The minimum absolute atomic E-state index is 0.106. The van der Waals surface area contributed by atoms with Crippen molar-refractivity contribution in [2.75, 3.05) is 7.05 Å². The summed E-state index contributed by atoms with van der Waals surface area (Å²) in [4.78, 5) is 45.7. The number of hydrogen-bond donors (Lipinski definition) is 4. The molecule has 260 valence electrons. The van der Waals surface area contributed by atoms with Crippen LogP contribution in [-0.4, -0.2) is 69.5 Å². The number of hydrogen-bond acceptors (Lipinski definition) is 9. The maximum atomic E-state index is 13.8. The summed E-state index contributed by atoms with van der Waals surface area (Å²) in [6, 6.07) is 18.1. The summed E-state index contributed by atoms with van der Waals surface area (Å²) < 4.78 is 10.3. The lowest BCUT2D eigenvalue weighted by Gasteiger charge is -2.30. The summed E-state index contributed by atoms with van der Waals surface area (Å²) in [5.74, 6) is -0.242. The Bertz CT molecular complexity index is 1620. The second-order valence-electron chi connectivity index (χ2n) is 12.1. The van der Waals surface area contributed by atoms with Crippen molar-refractivity contribution in [3.05, 3.63) is 112 Å². The van der Waals surface area contributed by atoms with E-state index in [4.69, 9.17) is 9.26 Å². The highest BCUT2D eigenvalue weighted by molar-refractivity contribution is 7.10. The lowest BCUT2D eigenvalue weighted by molar-refractivity contribution is -0.124. The minimum Gasteiger partial charge on any atom is -0.441 e. The van der Waals surface area contributed by atoms with E-state index < -0.39 is 36.4 Å². The topological polar surface area (TPSA) is 159 Å². The molecule has 0 saturated heterocycles. The highest BCUT2D eigenvalue weighted by atomic mass is 32.1. The van der Waals surface area contributed by atoms with E-state index in [0.717, 1.165) is 21.8 Å². The summed E-state index contributed by atoms with van der Waals surface area (Å²) in [5, 5.41) is 26.6. The summed E-state index contributed by atoms with van der Waals surface area (Å²) in [7, 11) is 1.64. The van der Waals surface area contributed by atoms with Crippen LogP contribution in [0.2, 0.25) is 0 Å². The quantitative estimate of drug-likeness (QED) is 0.121. The van der Waals surface area contributed by atoms with Crippen molar-refractivity contribution in [3.8, 4) is 0 Å². The zero-order valence-electron chi connectivity index (χ0n) is 28.0. The zero-order valence-corrected chi connectivity index (χ0v) is 28.8. The fourth-order valence-electron chi connectivity index (χ4n) is 5.22. The van der Waals surface area contributed by atoms with Gasteiger partial charge in [0, 0.05) is 24.5 Å². The number of carbonyl (C=O) groups excluding carboxylic acids is 3. The van der Waals surface area contributed by atoms with Crippen molar-refractivity contribution in [2.45, 2.75) is 70.5 Å². The number of nitrogens with zero attached hydrogens (tertiary/aromatic N) is 3. The standard InChI is InChI=1S/C36H44N6O6S/c1-5-32-38-28(23-49-32)21-42(4)35(45)41-33(24(2)3)34(44)39-27(18-25-12-8-6-9-13-25)20-31(43)30(19-26-14-10-7-11-15-26)40-36(46)47-22-29-16-17-37-48-29/h5-17,23-24,27,30-31,33,43H,1,18-22H2,2-4H3,(H,39,44)(H,40,46)(H,41,45)/t27-,30-,31-,33-/m0/s1. The largest absolute Gasteiger partial charge is 0.441 e. The van der Waals surface area contributed by atoms with Gasteiger partial charge >= 0.3 is 12.1 Å². The second-order valence-corrected chi connectivity index (χ2v) is 13.0. The highest BCUT2D eigenvalue weighted by Crippen LogP contribution is 2.16. The number of carbonyl (C=O) groups is 3. The summed E-state index contributed by atoms with van der Waals surface area (Å²) in [6.45, 7) is 7.58. The van der Waals surface area contributed by atoms with E-state index in [1.165, 1.54) is 22.4 Å². The fourth-order valence-corrected chi connectivity index (χ4v) is 5.87. The molecule has 0 fully saturated rings. The normalized spacial score (nSPS) is 13.5. The van der Waals surface area contributed by atoms with Gasteiger partial charge in [0.1, 0.15) is 11.0 Å². The molecule has 0 radical (unpaired) electrons. The van der Waals surface area contributed by atoms with Crippen LogP contribution in [0.15, 0.2) is 89.4 Å². The van der Waals surface area contributed by atoms with Gasteiger partial charge in [0.05, 0.1) is 30.6 Å². The number of amides is 4. The molecule has 2 aromatic carbocycles. The van der Waals surface area contributed by atoms with Crippen LogP contribution in [0.4, 0.5) is 9.59 Å². The number of rotatable bonds is 17. The number of ether oxygens (including phenoxy) is 1. The van der Waals surface area contributed by atoms with Crippen LogP contribution >= 0.6 is 11.3 Å². The Morgan fingerprint density at radius 1 is 1.00 bits per heavy atom. The summed E-state index contributed by atoms with van der Waals surface area (Å²) in [6.07, 6.45) is 2.13. The number of aromatic nitrogens is 2.